The quantitative estimate of drug-likeness (QED) is 0.196. The number of rotatable bonds is 4. The highest BCUT2D eigenvalue weighted by Gasteiger charge is 2.45. The van der Waals surface area contributed by atoms with Crippen molar-refractivity contribution < 1.29 is 0 Å². The SMILES string of the molecule is c1ccc(C2(c3ccc(-n4c5ccccc5c5cc(-c6ccc7[nH]c8ccccc8c7c6)ccc54)cc3)c3ccccc3-c3ccccc32)cc1. The molecule has 0 spiro atoms. The monoisotopic (exact) mass is 648 g/mol. The van der Waals surface area contributed by atoms with Crippen molar-refractivity contribution in [2.24, 2.45) is 0 Å². The number of aromatic amines is 1. The molecule has 8 aromatic carbocycles. The van der Waals surface area contributed by atoms with Crippen LogP contribution in [0.15, 0.2) is 188 Å². The lowest BCUT2D eigenvalue weighted by Crippen LogP contribution is -2.28. The summed E-state index contributed by atoms with van der Waals surface area (Å²) >= 11 is 0. The van der Waals surface area contributed by atoms with Crippen molar-refractivity contribution in [3.8, 4) is 27.9 Å². The Hall–Kier alpha value is -6.64. The van der Waals surface area contributed by atoms with Gasteiger partial charge in [-0.15, -0.1) is 0 Å². The molecule has 11 rings (SSSR count). The van der Waals surface area contributed by atoms with Crippen molar-refractivity contribution in [2.45, 2.75) is 5.41 Å². The summed E-state index contributed by atoms with van der Waals surface area (Å²) in [5.74, 6) is 0. The maximum absolute atomic E-state index is 3.57. The Morgan fingerprint density at radius 3 is 1.69 bits per heavy atom. The van der Waals surface area contributed by atoms with Crippen LogP contribution in [0.4, 0.5) is 0 Å². The number of nitrogens with zero attached hydrogens (tertiary/aromatic N) is 1. The van der Waals surface area contributed by atoms with Gasteiger partial charge in [-0.1, -0.05) is 140 Å². The maximum Gasteiger partial charge on any atom is 0.0713 e. The van der Waals surface area contributed by atoms with Crippen molar-refractivity contribution >= 4 is 43.6 Å². The van der Waals surface area contributed by atoms with Crippen molar-refractivity contribution in [2.75, 3.05) is 0 Å². The molecule has 238 valence electrons. The Kier molecular flexibility index (Phi) is 5.91. The largest absolute Gasteiger partial charge is 0.355 e. The summed E-state index contributed by atoms with van der Waals surface area (Å²) in [5.41, 5.74) is 15.8. The second-order valence-electron chi connectivity index (χ2n) is 13.8. The summed E-state index contributed by atoms with van der Waals surface area (Å²) in [6.07, 6.45) is 0. The number of H-pyrrole nitrogens is 1. The van der Waals surface area contributed by atoms with Crippen LogP contribution < -0.4 is 0 Å². The molecule has 10 aromatic rings. The van der Waals surface area contributed by atoms with Crippen LogP contribution in [0.5, 0.6) is 0 Å². The number of benzene rings is 8. The predicted octanol–water partition coefficient (Wildman–Crippen LogP) is 12.4. The van der Waals surface area contributed by atoms with E-state index in [2.05, 4.69) is 198 Å². The molecule has 0 amide bonds. The number of hydrogen-bond acceptors (Lipinski definition) is 0. The highest BCUT2D eigenvalue weighted by Crippen LogP contribution is 2.56. The van der Waals surface area contributed by atoms with Gasteiger partial charge in [-0.3, -0.25) is 0 Å². The average molecular weight is 649 g/mol. The highest BCUT2D eigenvalue weighted by molar-refractivity contribution is 6.12. The van der Waals surface area contributed by atoms with E-state index in [9.17, 15) is 0 Å². The molecule has 0 radical (unpaired) electrons. The standard InChI is InChI=1S/C49H32N2/c1-2-12-34(13-3-1)49(43-18-8-4-14-37(43)38-15-5-9-19-44(38)49)35-24-26-36(27-25-35)51-47-21-11-7-17-40(47)42-31-33(23-29-48(42)51)32-22-28-46-41(30-32)39-16-6-10-20-45(39)50-46/h1-31,50H. The van der Waals surface area contributed by atoms with Gasteiger partial charge in [0.15, 0.2) is 0 Å². The second kappa shape index (κ2) is 10.7. The van der Waals surface area contributed by atoms with Crippen LogP contribution in [0.2, 0.25) is 0 Å². The van der Waals surface area contributed by atoms with Crippen LogP contribution in [-0.4, -0.2) is 9.55 Å². The summed E-state index contributed by atoms with van der Waals surface area (Å²) in [5, 5.41) is 5.03. The van der Waals surface area contributed by atoms with E-state index < -0.39 is 5.41 Å². The van der Waals surface area contributed by atoms with Crippen LogP contribution in [0.25, 0.3) is 71.6 Å². The lowest BCUT2D eigenvalue weighted by atomic mass is 9.68. The molecule has 0 saturated heterocycles. The van der Waals surface area contributed by atoms with Gasteiger partial charge in [0.1, 0.15) is 0 Å². The van der Waals surface area contributed by atoms with Gasteiger partial charge >= 0.3 is 0 Å². The zero-order chi connectivity index (χ0) is 33.5. The molecule has 1 aliphatic carbocycles. The first kappa shape index (κ1) is 28.2. The minimum Gasteiger partial charge on any atom is -0.355 e. The van der Waals surface area contributed by atoms with E-state index in [1.165, 1.54) is 88.1 Å². The molecule has 0 atom stereocenters. The molecule has 1 N–H and O–H groups in total. The van der Waals surface area contributed by atoms with Gasteiger partial charge in [0.25, 0.3) is 0 Å². The fourth-order valence-corrected chi connectivity index (χ4v) is 9.03. The molecule has 2 heteroatoms. The number of nitrogens with one attached hydrogen (secondary N) is 1. The third-order valence-corrected chi connectivity index (χ3v) is 11.2. The van der Waals surface area contributed by atoms with Crippen molar-refractivity contribution in [1.82, 2.24) is 9.55 Å². The van der Waals surface area contributed by atoms with Gasteiger partial charge in [-0.2, -0.15) is 0 Å². The first-order valence-corrected chi connectivity index (χ1v) is 17.7. The van der Waals surface area contributed by atoms with E-state index in [0.717, 1.165) is 5.69 Å². The third-order valence-electron chi connectivity index (χ3n) is 11.2. The molecule has 2 heterocycles. The van der Waals surface area contributed by atoms with Gasteiger partial charge in [-0.25, -0.2) is 0 Å². The normalized spacial score (nSPS) is 13.3. The Bertz CT molecular complexity index is 2910. The number of para-hydroxylation sites is 2. The van der Waals surface area contributed by atoms with Crippen LogP contribution in [-0.2, 0) is 5.41 Å². The minimum atomic E-state index is -0.408. The van der Waals surface area contributed by atoms with E-state index >= 15 is 0 Å². The Morgan fingerprint density at radius 1 is 0.373 bits per heavy atom. The molecule has 1 aliphatic rings. The van der Waals surface area contributed by atoms with E-state index in [1.54, 1.807) is 0 Å². The average Bonchev–Trinajstić information content (AvgIpc) is 3.84. The van der Waals surface area contributed by atoms with Gasteiger partial charge in [0, 0.05) is 38.3 Å². The summed E-state index contributed by atoms with van der Waals surface area (Å²) in [6.45, 7) is 0. The Morgan fingerprint density at radius 2 is 0.922 bits per heavy atom. The van der Waals surface area contributed by atoms with Crippen LogP contribution >= 0.6 is 0 Å². The highest BCUT2D eigenvalue weighted by atomic mass is 15.0. The fourth-order valence-electron chi connectivity index (χ4n) is 9.03. The predicted molar refractivity (Wildman–Crippen MR) is 213 cm³/mol. The van der Waals surface area contributed by atoms with E-state index in [1.807, 2.05) is 0 Å². The van der Waals surface area contributed by atoms with Crippen LogP contribution in [0.3, 0.4) is 0 Å². The Labute approximate surface area is 295 Å². The zero-order valence-corrected chi connectivity index (χ0v) is 27.8. The fraction of sp³-hybridized carbons (Fsp3) is 0.0204. The van der Waals surface area contributed by atoms with Crippen molar-refractivity contribution in [3.05, 3.63) is 210 Å². The zero-order valence-electron chi connectivity index (χ0n) is 27.8. The third kappa shape index (κ3) is 3.93. The Balaban J connectivity index is 1.08. The maximum atomic E-state index is 3.57. The van der Waals surface area contributed by atoms with E-state index in [-0.39, 0.29) is 0 Å². The number of fused-ring (bicyclic) bond motifs is 9. The first-order valence-electron chi connectivity index (χ1n) is 17.7. The summed E-state index contributed by atoms with van der Waals surface area (Å²) in [6, 6.07) is 69.3. The van der Waals surface area contributed by atoms with Gasteiger partial charge in [0.2, 0.25) is 0 Å². The molecule has 0 unspecified atom stereocenters. The smallest absolute Gasteiger partial charge is 0.0713 e. The second-order valence-corrected chi connectivity index (χ2v) is 13.8. The number of aromatic nitrogens is 2. The van der Waals surface area contributed by atoms with E-state index in [0.29, 0.717) is 0 Å². The molecule has 2 aromatic heterocycles. The molecular formula is C49H32N2. The minimum absolute atomic E-state index is 0.408. The number of hydrogen-bond donors (Lipinski definition) is 1. The molecule has 0 bridgehead atoms. The van der Waals surface area contributed by atoms with E-state index in [4.69, 9.17) is 0 Å². The topological polar surface area (TPSA) is 20.7 Å². The van der Waals surface area contributed by atoms with Crippen molar-refractivity contribution in [3.63, 3.8) is 0 Å². The molecule has 2 nitrogen and oxygen atoms in total. The van der Waals surface area contributed by atoms with Crippen LogP contribution in [0, 0.1) is 0 Å². The van der Waals surface area contributed by atoms with Crippen molar-refractivity contribution in [1.29, 1.82) is 0 Å². The molecule has 51 heavy (non-hydrogen) atoms. The summed E-state index contributed by atoms with van der Waals surface area (Å²) < 4.78 is 2.42. The lowest BCUT2D eigenvalue weighted by molar-refractivity contribution is 0.768. The molecule has 0 aliphatic heterocycles. The molecular weight excluding hydrogens is 617 g/mol. The van der Waals surface area contributed by atoms with Gasteiger partial charge < -0.3 is 9.55 Å². The van der Waals surface area contributed by atoms with Gasteiger partial charge in [-0.05, 0) is 93.0 Å². The summed E-state index contributed by atoms with van der Waals surface area (Å²) in [7, 11) is 0. The first-order chi connectivity index (χ1) is 25.3. The van der Waals surface area contributed by atoms with Crippen LogP contribution in [0.1, 0.15) is 22.3 Å². The summed E-state index contributed by atoms with van der Waals surface area (Å²) in [4.78, 5) is 3.57. The lowest BCUT2D eigenvalue weighted by Gasteiger charge is -2.34. The van der Waals surface area contributed by atoms with Gasteiger partial charge in [0.05, 0.1) is 16.4 Å². The molecule has 0 saturated carbocycles. The molecule has 0 fully saturated rings.